The van der Waals surface area contributed by atoms with Crippen molar-refractivity contribution in [1.29, 1.82) is 0 Å². The lowest BCUT2D eigenvalue weighted by Gasteiger charge is -2.39. The van der Waals surface area contributed by atoms with Crippen molar-refractivity contribution in [2.45, 2.75) is 56.5 Å². The van der Waals surface area contributed by atoms with Crippen molar-refractivity contribution >= 4 is 5.82 Å². The Morgan fingerprint density at radius 3 is 2.59 bits per heavy atom. The average Bonchev–Trinajstić information content (AvgIpc) is 3.06. The predicted octanol–water partition coefficient (Wildman–Crippen LogP) is 2.09. The van der Waals surface area contributed by atoms with Crippen LogP contribution in [-0.2, 0) is 4.74 Å². The van der Waals surface area contributed by atoms with Crippen LogP contribution in [0, 0.1) is 0 Å². The van der Waals surface area contributed by atoms with Gasteiger partial charge in [0.1, 0.15) is 12.1 Å². The van der Waals surface area contributed by atoms with Crippen molar-refractivity contribution in [3.05, 3.63) is 18.1 Å². The summed E-state index contributed by atoms with van der Waals surface area (Å²) in [5.74, 6) is 1.74. The molecule has 3 aliphatic rings. The fourth-order valence-electron chi connectivity index (χ4n) is 3.90. The standard InChI is InChI=1S/C17H26N4O/c1-2-6-21(5-1)17-11-16(18-12-19-17)13-9-15(10-13)20-14-3-7-22-8-4-14/h11-15,20H,1-10H2. The van der Waals surface area contributed by atoms with Gasteiger partial charge in [-0.3, -0.25) is 0 Å². The first-order chi connectivity index (χ1) is 10.9. The van der Waals surface area contributed by atoms with E-state index < -0.39 is 0 Å². The molecule has 22 heavy (non-hydrogen) atoms. The molecule has 0 bridgehead atoms. The van der Waals surface area contributed by atoms with Gasteiger partial charge in [0.05, 0.1) is 0 Å². The summed E-state index contributed by atoms with van der Waals surface area (Å²) in [4.78, 5) is 11.4. The molecule has 0 unspecified atom stereocenters. The van der Waals surface area contributed by atoms with Crippen molar-refractivity contribution < 1.29 is 4.74 Å². The van der Waals surface area contributed by atoms with Crippen molar-refractivity contribution in [3.8, 4) is 0 Å². The minimum Gasteiger partial charge on any atom is -0.381 e. The molecule has 5 heteroatoms. The number of hydrogen-bond donors (Lipinski definition) is 1. The van der Waals surface area contributed by atoms with E-state index in [0.717, 1.165) is 45.0 Å². The minimum absolute atomic E-state index is 0.613. The number of aromatic nitrogens is 2. The smallest absolute Gasteiger partial charge is 0.132 e. The van der Waals surface area contributed by atoms with Crippen molar-refractivity contribution in [2.75, 3.05) is 31.2 Å². The predicted molar refractivity (Wildman–Crippen MR) is 86.2 cm³/mol. The van der Waals surface area contributed by atoms with E-state index >= 15 is 0 Å². The third-order valence-electron chi connectivity index (χ3n) is 5.35. The van der Waals surface area contributed by atoms with Gasteiger partial charge in [0.2, 0.25) is 0 Å². The molecule has 1 aromatic heterocycles. The third kappa shape index (κ3) is 3.10. The van der Waals surface area contributed by atoms with Gasteiger partial charge in [-0.05, 0) is 38.5 Å². The molecule has 0 aromatic carbocycles. The second kappa shape index (κ2) is 6.50. The fourth-order valence-corrected chi connectivity index (χ4v) is 3.90. The van der Waals surface area contributed by atoms with Gasteiger partial charge in [-0.1, -0.05) is 0 Å². The summed E-state index contributed by atoms with van der Waals surface area (Å²) in [5.41, 5.74) is 1.24. The first kappa shape index (κ1) is 14.4. The zero-order valence-corrected chi connectivity index (χ0v) is 13.2. The Morgan fingerprint density at radius 1 is 1.05 bits per heavy atom. The van der Waals surface area contributed by atoms with Crippen LogP contribution in [0.1, 0.15) is 50.1 Å². The molecule has 0 radical (unpaired) electrons. The Hall–Kier alpha value is -1.20. The number of hydrogen-bond acceptors (Lipinski definition) is 5. The Balaban J connectivity index is 1.31. The van der Waals surface area contributed by atoms with E-state index in [0.29, 0.717) is 18.0 Å². The van der Waals surface area contributed by atoms with Gasteiger partial charge in [-0.2, -0.15) is 0 Å². The molecule has 5 nitrogen and oxygen atoms in total. The zero-order valence-electron chi connectivity index (χ0n) is 13.2. The Morgan fingerprint density at radius 2 is 1.82 bits per heavy atom. The Kier molecular flexibility index (Phi) is 4.26. The topological polar surface area (TPSA) is 50.3 Å². The highest BCUT2D eigenvalue weighted by Crippen LogP contribution is 2.37. The molecule has 0 spiro atoms. The summed E-state index contributed by atoms with van der Waals surface area (Å²) >= 11 is 0. The molecule has 2 aliphatic heterocycles. The van der Waals surface area contributed by atoms with E-state index in [1.54, 1.807) is 6.33 Å². The molecular weight excluding hydrogens is 276 g/mol. The molecule has 4 rings (SSSR count). The summed E-state index contributed by atoms with van der Waals surface area (Å²) < 4.78 is 5.42. The van der Waals surface area contributed by atoms with Crippen LogP contribution >= 0.6 is 0 Å². The zero-order chi connectivity index (χ0) is 14.8. The van der Waals surface area contributed by atoms with Crippen LogP contribution in [0.3, 0.4) is 0 Å². The normalized spacial score (nSPS) is 29.5. The monoisotopic (exact) mass is 302 g/mol. The Bertz CT molecular complexity index is 491. The van der Waals surface area contributed by atoms with E-state index in [4.69, 9.17) is 4.74 Å². The van der Waals surface area contributed by atoms with Crippen LogP contribution in [0.15, 0.2) is 12.4 Å². The van der Waals surface area contributed by atoms with Crippen LogP contribution in [-0.4, -0.2) is 48.4 Å². The van der Waals surface area contributed by atoms with Gasteiger partial charge in [0.25, 0.3) is 0 Å². The molecular formula is C17H26N4O. The maximum Gasteiger partial charge on any atom is 0.132 e. The van der Waals surface area contributed by atoms with Gasteiger partial charge in [0, 0.05) is 56.1 Å². The van der Waals surface area contributed by atoms with Crippen LogP contribution in [0.4, 0.5) is 5.82 Å². The molecule has 1 aromatic rings. The molecule has 0 amide bonds. The molecule has 3 fully saturated rings. The van der Waals surface area contributed by atoms with Crippen LogP contribution in [0.25, 0.3) is 0 Å². The minimum atomic E-state index is 0.613. The van der Waals surface area contributed by atoms with Crippen LogP contribution in [0.5, 0.6) is 0 Å². The SMILES string of the molecule is c1nc(C2CC(NC3CCOCC3)C2)cc(N2CCCC2)n1. The molecule has 1 N–H and O–H groups in total. The molecule has 1 saturated carbocycles. The molecule has 120 valence electrons. The lowest BCUT2D eigenvalue weighted by atomic mass is 9.77. The van der Waals surface area contributed by atoms with E-state index in [1.807, 2.05) is 0 Å². The largest absolute Gasteiger partial charge is 0.381 e. The van der Waals surface area contributed by atoms with Crippen molar-refractivity contribution in [2.24, 2.45) is 0 Å². The lowest BCUT2D eigenvalue weighted by Crippen LogP contribution is -2.47. The lowest BCUT2D eigenvalue weighted by molar-refractivity contribution is 0.0696. The number of ether oxygens (including phenoxy) is 1. The van der Waals surface area contributed by atoms with Gasteiger partial charge < -0.3 is 15.0 Å². The van der Waals surface area contributed by atoms with E-state index in [9.17, 15) is 0 Å². The number of rotatable bonds is 4. The van der Waals surface area contributed by atoms with E-state index in [-0.39, 0.29) is 0 Å². The highest BCUT2D eigenvalue weighted by molar-refractivity contribution is 5.41. The number of nitrogens with zero attached hydrogens (tertiary/aromatic N) is 3. The summed E-state index contributed by atoms with van der Waals surface area (Å²) in [6.45, 7) is 4.13. The van der Waals surface area contributed by atoms with E-state index in [1.165, 1.54) is 31.4 Å². The quantitative estimate of drug-likeness (QED) is 0.923. The molecule has 2 saturated heterocycles. The Labute approximate surface area is 132 Å². The van der Waals surface area contributed by atoms with Crippen molar-refractivity contribution in [3.63, 3.8) is 0 Å². The van der Waals surface area contributed by atoms with Gasteiger partial charge >= 0.3 is 0 Å². The second-order valence-electron chi connectivity index (χ2n) is 6.91. The fraction of sp³-hybridized carbons (Fsp3) is 0.765. The second-order valence-corrected chi connectivity index (χ2v) is 6.91. The molecule has 1 aliphatic carbocycles. The summed E-state index contributed by atoms with van der Waals surface area (Å²) in [5, 5.41) is 3.79. The van der Waals surface area contributed by atoms with Crippen LogP contribution in [0.2, 0.25) is 0 Å². The number of nitrogens with one attached hydrogen (secondary N) is 1. The highest BCUT2D eigenvalue weighted by atomic mass is 16.5. The third-order valence-corrected chi connectivity index (χ3v) is 5.35. The number of anilines is 1. The maximum atomic E-state index is 5.42. The average molecular weight is 302 g/mol. The van der Waals surface area contributed by atoms with Crippen LogP contribution < -0.4 is 10.2 Å². The molecule has 3 heterocycles. The summed E-state index contributed by atoms with van der Waals surface area (Å²) in [7, 11) is 0. The summed E-state index contributed by atoms with van der Waals surface area (Å²) in [6, 6.07) is 3.55. The van der Waals surface area contributed by atoms with Crippen molar-refractivity contribution in [1.82, 2.24) is 15.3 Å². The highest BCUT2D eigenvalue weighted by Gasteiger charge is 2.33. The van der Waals surface area contributed by atoms with Gasteiger partial charge in [-0.15, -0.1) is 0 Å². The first-order valence-electron chi connectivity index (χ1n) is 8.79. The van der Waals surface area contributed by atoms with E-state index in [2.05, 4.69) is 26.3 Å². The van der Waals surface area contributed by atoms with Gasteiger partial charge in [-0.25, -0.2) is 9.97 Å². The maximum absolute atomic E-state index is 5.42. The van der Waals surface area contributed by atoms with Gasteiger partial charge in [0.15, 0.2) is 0 Å². The first-order valence-corrected chi connectivity index (χ1v) is 8.79. The summed E-state index contributed by atoms with van der Waals surface area (Å²) in [6.07, 6.45) is 9.09. The molecule has 0 atom stereocenters.